The van der Waals surface area contributed by atoms with Crippen LogP contribution in [0, 0.1) is 15.3 Å². The quantitative estimate of drug-likeness (QED) is 0.182. The molecule has 1 radical (unpaired) electrons. The Kier molecular flexibility index (Phi) is 20.1. The molecule has 0 amide bonds. The van der Waals surface area contributed by atoms with E-state index in [4.69, 9.17) is 32.8 Å². The average Bonchev–Trinajstić information content (AvgIpc) is 1.19. The van der Waals surface area contributed by atoms with E-state index in [1.165, 1.54) is 0 Å². The SMILES string of the molecule is O=S(=O)([O-])[O-].O=[N+]([O-])[O-].[Cl-].[Co]. The van der Waals surface area contributed by atoms with E-state index in [0.717, 1.165) is 0 Å². The van der Waals surface area contributed by atoms with Crippen molar-refractivity contribution in [3.05, 3.63) is 15.3 Å². The Hall–Kier alpha value is -0.134. The van der Waals surface area contributed by atoms with Crippen LogP contribution in [0.3, 0.4) is 0 Å². The van der Waals surface area contributed by atoms with E-state index in [1.54, 1.807) is 0 Å². The first-order valence-electron chi connectivity index (χ1n) is 1.21. The Balaban J connectivity index is -0.0000000383. The van der Waals surface area contributed by atoms with E-state index in [9.17, 15) is 0 Å². The summed E-state index contributed by atoms with van der Waals surface area (Å²) in [7, 11) is -5.17. The van der Waals surface area contributed by atoms with Gasteiger partial charge in [0, 0.05) is 27.2 Å². The van der Waals surface area contributed by atoms with Crippen LogP contribution in [0.15, 0.2) is 0 Å². The minimum absolute atomic E-state index is 0. The fraction of sp³-hybridized carbons (Fsp3) is 0. The number of hydrogen-bond donors (Lipinski definition) is 0. The molecule has 11 heavy (non-hydrogen) atoms. The van der Waals surface area contributed by atoms with Gasteiger partial charge < -0.3 is 36.8 Å². The molecule has 0 saturated carbocycles. The van der Waals surface area contributed by atoms with E-state index in [1.807, 2.05) is 0 Å². The Morgan fingerprint density at radius 1 is 1.09 bits per heavy atom. The number of halogens is 1. The molecule has 0 saturated heterocycles. The second kappa shape index (κ2) is 9.87. The van der Waals surface area contributed by atoms with Gasteiger partial charge in [-0.1, -0.05) is 0 Å². The summed E-state index contributed by atoms with van der Waals surface area (Å²) in [6.07, 6.45) is 0. The van der Waals surface area contributed by atoms with Gasteiger partial charge in [0.15, 0.2) is 0 Å². The first-order valence-corrected chi connectivity index (χ1v) is 2.55. The van der Waals surface area contributed by atoms with Crippen molar-refractivity contribution in [1.29, 1.82) is 0 Å². The molecular weight excluding hydrogens is 252 g/mol. The van der Waals surface area contributed by atoms with Crippen LogP contribution in [0.2, 0.25) is 0 Å². The molecule has 0 aliphatic carbocycles. The van der Waals surface area contributed by atoms with Gasteiger partial charge in [-0.2, -0.15) is 0 Å². The molecule has 0 unspecified atom stereocenters. The average molecular weight is 252 g/mol. The van der Waals surface area contributed by atoms with Gasteiger partial charge in [-0.3, -0.25) is 8.42 Å². The summed E-state index contributed by atoms with van der Waals surface area (Å²) in [5, 5.41) is 14.8. The summed E-state index contributed by atoms with van der Waals surface area (Å²) >= 11 is 0. The predicted molar refractivity (Wildman–Crippen MR) is 20.8 cm³/mol. The van der Waals surface area contributed by atoms with Crippen LogP contribution >= 0.6 is 0 Å². The molecule has 0 aliphatic heterocycles. The van der Waals surface area contributed by atoms with Gasteiger partial charge in [0.05, 0.1) is 5.09 Å². The molecule has 0 aliphatic rings. The molecule has 0 spiro atoms. The molecule has 0 atom stereocenters. The van der Waals surface area contributed by atoms with Crippen LogP contribution in [0.1, 0.15) is 0 Å². The maximum absolute atomic E-state index is 8.52. The summed E-state index contributed by atoms with van der Waals surface area (Å²) in [6.45, 7) is 0. The van der Waals surface area contributed by atoms with Crippen molar-refractivity contribution >= 4 is 10.4 Å². The number of rotatable bonds is 0. The third-order valence-electron chi connectivity index (χ3n) is 0. The summed E-state index contributed by atoms with van der Waals surface area (Å²) in [4.78, 5) is 8.25. The van der Waals surface area contributed by atoms with Crippen LogP contribution in [-0.2, 0) is 27.2 Å². The van der Waals surface area contributed by atoms with Crippen molar-refractivity contribution in [2.75, 3.05) is 0 Å². The largest absolute Gasteiger partial charge is 1.00 e. The molecule has 0 rings (SSSR count). The van der Waals surface area contributed by atoms with E-state index >= 15 is 0 Å². The third-order valence-corrected chi connectivity index (χ3v) is 0. The molecule has 0 bridgehead atoms. The third kappa shape index (κ3) is 34300. The molecule has 0 aromatic heterocycles. The van der Waals surface area contributed by atoms with Crippen molar-refractivity contribution in [2.24, 2.45) is 0 Å². The van der Waals surface area contributed by atoms with Crippen molar-refractivity contribution in [2.45, 2.75) is 0 Å². The van der Waals surface area contributed by atoms with Crippen molar-refractivity contribution in [3.63, 3.8) is 0 Å². The second-order valence-electron chi connectivity index (χ2n) is 0.632. The van der Waals surface area contributed by atoms with Gasteiger partial charge in [-0.05, 0) is 0 Å². The Labute approximate surface area is 77.9 Å². The fourth-order valence-electron chi connectivity index (χ4n) is 0. The minimum Gasteiger partial charge on any atom is -1.00 e. The maximum Gasteiger partial charge on any atom is 0.0689 e. The van der Waals surface area contributed by atoms with E-state index in [0.29, 0.717) is 0 Å². The van der Waals surface area contributed by atoms with Crippen LogP contribution in [0.5, 0.6) is 0 Å². The monoisotopic (exact) mass is 252 g/mol. The first-order chi connectivity index (χ1) is 3.73. The number of nitrogens with zero attached hydrogens (tertiary/aromatic N) is 1. The normalized spacial score (nSPS) is 7.45. The van der Waals surface area contributed by atoms with Crippen molar-refractivity contribution in [1.82, 2.24) is 0 Å². The molecule has 11 heteroatoms. The van der Waals surface area contributed by atoms with Crippen molar-refractivity contribution < 1.29 is 51.8 Å². The molecule has 0 fully saturated rings. The van der Waals surface area contributed by atoms with Crippen LogP contribution in [0.25, 0.3) is 0 Å². The smallest absolute Gasteiger partial charge is 0.0689 e. The summed E-state index contributed by atoms with van der Waals surface area (Å²) in [6, 6.07) is 0. The van der Waals surface area contributed by atoms with Crippen LogP contribution < -0.4 is 12.4 Å². The van der Waals surface area contributed by atoms with Crippen molar-refractivity contribution in [3.8, 4) is 0 Å². The minimum atomic E-state index is -5.17. The Bertz CT molecular complexity index is 161. The molecule has 0 heterocycles. The zero-order valence-corrected chi connectivity index (χ0v) is 7.04. The van der Waals surface area contributed by atoms with Crippen LogP contribution in [-0.4, -0.2) is 22.6 Å². The van der Waals surface area contributed by atoms with Gasteiger partial charge in [-0.15, -0.1) is 0 Å². The van der Waals surface area contributed by atoms with Gasteiger partial charge in [0.2, 0.25) is 0 Å². The molecule has 0 N–H and O–H groups in total. The van der Waals surface area contributed by atoms with E-state index < -0.39 is 15.5 Å². The molecule has 8 nitrogen and oxygen atoms in total. The molecule has 0 aromatic carbocycles. The topological polar surface area (TPSA) is 146 Å². The zero-order valence-electron chi connectivity index (χ0n) is 4.42. The molecular formula is ClCoNO7S-4. The van der Waals surface area contributed by atoms with E-state index in [2.05, 4.69) is 0 Å². The summed E-state index contributed by atoms with van der Waals surface area (Å²) < 4.78 is 34.1. The fourth-order valence-corrected chi connectivity index (χ4v) is 0. The van der Waals surface area contributed by atoms with Crippen LogP contribution in [0.4, 0.5) is 0 Å². The van der Waals surface area contributed by atoms with Gasteiger partial charge in [-0.25, -0.2) is 0 Å². The molecule has 73 valence electrons. The van der Waals surface area contributed by atoms with Gasteiger partial charge in [0.25, 0.3) is 0 Å². The standard InChI is InChI=1S/ClH.Co.NO3.H2O4S/c;;2-1(3)4;1-5(2,3)4/h1H;;;(H2,1,2,3,4)/q;;-1;/p-3. The summed E-state index contributed by atoms with van der Waals surface area (Å²) in [5.41, 5.74) is 0. The second-order valence-corrected chi connectivity index (χ2v) is 1.45. The predicted octanol–water partition coefficient (Wildman–Crippen LogP) is -4.58. The van der Waals surface area contributed by atoms with Gasteiger partial charge >= 0.3 is 0 Å². The van der Waals surface area contributed by atoms with Gasteiger partial charge in [0.1, 0.15) is 0 Å². The summed E-state index contributed by atoms with van der Waals surface area (Å²) in [5.74, 6) is 0. The zero-order chi connectivity index (χ0) is 8.08. The Morgan fingerprint density at radius 2 is 1.09 bits per heavy atom. The Morgan fingerprint density at radius 3 is 1.09 bits per heavy atom. The maximum atomic E-state index is 8.52. The van der Waals surface area contributed by atoms with E-state index in [-0.39, 0.29) is 29.2 Å². The first kappa shape index (κ1) is 22.4. The molecule has 0 aromatic rings. The number of hydrogen-bond acceptors (Lipinski definition) is 7.